The van der Waals surface area contributed by atoms with E-state index in [0.29, 0.717) is 24.7 Å². The number of oxime groups is 1. The van der Waals surface area contributed by atoms with Crippen LogP contribution in [-0.2, 0) is 11.9 Å². The van der Waals surface area contributed by atoms with Crippen LogP contribution in [0.15, 0.2) is 16.0 Å². The summed E-state index contributed by atoms with van der Waals surface area (Å²) in [5, 5.41) is 6.72. The number of hydrogen-bond donors (Lipinski definition) is 1. The summed E-state index contributed by atoms with van der Waals surface area (Å²) in [7, 11) is 1.66. The number of rotatable bonds is 2. The van der Waals surface area contributed by atoms with Gasteiger partial charge >= 0.3 is 0 Å². The second-order valence-corrected chi connectivity index (χ2v) is 6.03. The number of hydrogen-bond acceptors (Lipinski definition) is 4. The molecule has 1 amide bonds. The Hall–Kier alpha value is -2.05. The van der Waals surface area contributed by atoms with Crippen LogP contribution in [0.25, 0.3) is 0 Å². The lowest BCUT2D eigenvalue weighted by Gasteiger charge is -2.45. The van der Waals surface area contributed by atoms with Gasteiger partial charge in [-0.15, -0.1) is 0 Å². The van der Waals surface area contributed by atoms with Gasteiger partial charge in [0.15, 0.2) is 5.60 Å². The molecule has 2 aliphatic heterocycles. The van der Waals surface area contributed by atoms with Gasteiger partial charge in [-0.3, -0.25) is 19.4 Å². The zero-order chi connectivity index (χ0) is 13.9. The molecule has 0 aromatic carbocycles. The fraction of sp³-hybridized carbons (Fsp3) is 0.615. The van der Waals surface area contributed by atoms with E-state index in [1.54, 1.807) is 11.9 Å². The van der Waals surface area contributed by atoms with Crippen LogP contribution in [-0.4, -0.2) is 45.0 Å². The Morgan fingerprint density at radius 3 is 2.85 bits per heavy atom. The fourth-order valence-electron chi connectivity index (χ4n) is 2.99. The van der Waals surface area contributed by atoms with Crippen LogP contribution in [0, 0.1) is 5.92 Å². The number of nitrogens with zero attached hydrogens (tertiary/aromatic N) is 3. The summed E-state index contributed by atoms with van der Waals surface area (Å²) in [5.74, 6) is 0.476. The SMILES string of the molecule is Cn1[nH]c(=O)cc1C(=O)N1CC2(CC(C3CC3)=NO2)C1. The third-order valence-electron chi connectivity index (χ3n) is 4.28. The lowest BCUT2D eigenvalue weighted by Crippen LogP contribution is -2.63. The first-order valence-corrected chi connectivity index (χ1v) is 6.87. The third kappa shape index (κ3) is 1.69. The normalized spacial score (nSPS) is 23.4. The van der Waals surface area contributed by atoms with Crippen molar-refractivity contribution in [3.8, 4) is 0 Å². The van der Waals surface area contributed by atoms with Crippen LogP contribution in [0.5, 0.6) is 0 Å². The van der Waals surface area contributed by atoms with Crippen molar-refractivity contribution < 1.29 is 9.63 Å². The van der Waals surface area contributed by atoms with E-state index in [1.165, 1.54) is 23.6 Å². The Morgan fingerprint density at radius 1 is 1.50 bits per heavy atom. The standard InChI is InChI=1S/C13H16N4O3/c1-16-10(4-11(18)14-16)12(19)17-6-13(7-17)5-9(15-20-13)8-2-3-8/h4,8H,2-3,5-7H2,1H3,(H,14,18). The molecule has 1 aromatic rings. The molecule has 0 bridgehead atoms. The molecule has 1 spiro atoms. The van der Waals surface area contributed by atoms with E-state index in [-0.39, 0.29) is 17.1 Å². The van der Waals surface area contributed by atoms with Crippen LogP contribution in [0.2, 0.25) is 0 Å². The second-order valence-electron chi connectivity index (χ2n) is 6.03. The number of aromatic amines is 1. The smallest absolute Gasteiger partial charge is 0.272 e. The summed E-state index contributed by atoms with van der Waals surface area (Å²) >= 11 is 0. The summed E-state index contributed by atoms with van der Waals surface area (Å²) in [6.07, 6.45) is 3.27. The molecule has 1 aromatic heterocycles. The third-order valence-corrected chi connectivity index (χ3v) is 4.28. The molecule has 7 nitrogen and oxygen atoms in total. The maximum Gasteiger partial charge on any atom is 0.272 e. The number of amides is 1. The molecule has 1 N–H and O–H groups in total. The predicted octanol–water partition coefficient (Wildman–Crippen LogP) is 0.0943. The van der Waals surface area contributed by atoms with Crippen LogP contribution >= 0.6 is 0 Å². The number of H-pyrrole nitrogens is 1. The Bertz CT molecular complexity index is 661. The number of carbonyl (C=O) groups excluding carboxylic acids is 1. The maximum absolute atomic E-state index is 12.3. The first kappa shape index (κ1) is 11.7. The number of carbonyl (C=O) groups is 1. The van der Waals surface area contributed by atoms with Gasteiger partial charge < -0.3 is 9.74 Å². The molecule has 2 fully saturated rings. The molecule has 1 saturated carbocycles. The minimum absolute atomic E-state index is 0.139. The fourth-order valence-corrected chi connectivity index (χ4v) is 2.99. The number of aromatic nitrogens is 2. The van der Waals surface area contributed by atoms with Gasteiger partial charge in [-0.05, 0) is 12.8 Å². The molecule has 0 unspecified atom stereocenters. The zero-order valence-corrected chi connectivity index (χ0v) is 11.3. The van der Waals surface area contributed by atoms with E-state index in [0.717, 1.165) is 12.1 Å². The maximum atomic E-state index is 12.3. The van der Waals surface area contributed by atoms with Gasteiger partial charge in [0.2, 0.25) is 0 Å². The summed E-state index contributed by atoms with van der Waals surface area (Å²) in [6.45, 7) is 1.09. The zero-order valence-electron chi connectivity index (χ0n) is 11.3. The summed E-state index contributed by atoms with van der Waals surface area (Å²) in [6, 6.07) is 1.33. The first-order chi connectivity index (χ1) is 9.56. The van der Waals surface area contributed by atoms with E-state index in [4.69, 9.17) is 4.84 Å². The lowest BCUT2D eigenvalue weighted by atomic mass is 9.87. The van der Waals surface area contributed by atoms with Crippen molar-refractivity contribution in [2.75, 3.05) is 13.1 Å². The molecule has 4 rings (SSSR count). The number of nitrogens with one attached hydrogen (secondary N) is 1. The number of likely N-dealkylation sites (tertiary alicyclic amines) is 1. The molecule has 0 radical (unpaired) electrons. The summed E-state index contributed by atoms with van der Waals surface area (Å²) in [5.41, 5.74) is 0.975. The minimum atomic E-state index is -0.303. The molecule has 0 atom stereocenters. The lowest BCUT2D eigenvalue weighted by molar-refractivity contribution is -0.110. The van der Waals surface area contributed by atoms with Gasteiger partial charge in [-0.25, -0.2) is 0 Å². The molecule has 3 heterocycles. The highest BCUT2D eigenvalue weighted by Crippen LogP contribution is 2.41. The summed E-state index contributed by atoms with van der Waals surface area (Å²) < 4.78 is 1.46. The van der Waals surface area contributed by atoms with Crippen LogP contribution in [0.3, 0.4) is 0 Å². The van der Waals surface area contributed by atoms with Crippen molar-refractivity contribution in [1.29, 1.82) is 0 Å². The van der Waals surface area contributed by atoms with Crippen molar-refractivity contribution >= 4 is 11.6 Å². The van der Waals surface area contributed by atoms with E-state index in [2.05, 4.69) is 10.3 Å². The van der Waals surface area contributed by atoms with Gasteiger partial charge in [0, 0.05) is 25.5 Å². The Labute approximate surface area is 115 Å². The van der Waals surface area contributed by atoms with E-state index >= 15 is 0 Å². The molecule has 20 heavy (non-hydrogen) atoms. The molecular formula is C13H16N4O3. The van der Waals surface area contributed by atoms with Crippen molar-refractivity contribution in [3.63, 3.8) is 0 Å². The van der Waals surface area contributed by atoms with Gasteiger partial charge in [0.25, 0.3) is 11.5 Å². The van der Waals surface area contributed by atoms with Gasteiger partial charge in [-0.1, -0.05) is 5.16 Å². The van der Waals surface area contributed by atoms with E-state index in [9.17, 15) is 9.59 Å². The highest BCUT2D eigenvalue weighted by molar-refractivity contribution is 5.94. The van der Waals surface area contributed by atoms with E-state index in [1.807, 2.05) is 0 Å². The predicted molar refractivity (Wildman–Crippen MR) is 70.5 cm³/mol. The van der Waals surface area contributed by atoms with Crippen LogP contribution < -0.4 is 5.56 Å². The highest BCUT2D eigenvalue weighted by atomic mass is 16.7. The first-order valence-electron chi connectivity index (χ1n) is 6.87. The summed E-state index contributed by atoms with van der Waals surface area (Å²) in [4.78, 5) is 30.8. The Kier molecular flexibility index (Phi) is 2.20. The van der Waals surface area contributed by atoms with E-state index < -0.39 is 0 Å². The average Bonchev–Trinajstić information content (AvgIpc) is 3.02. The molecule has 3 aliphatic rings. The van der Waals surface area contributed by atoms with Gasteiger partial charge in [0.05, 0.1) is 18.8 Å². The monoisotopic (exact) mass is 276 g/mol. The van der Waals surface area contributed by atoms with Crippen molar-refractivity contribution in [2.45, 2.75) is 24.9 Å². The number of aryl methyl sites for hydroxylation is 1. The Morgan fingerprint density at radius 2 is 2.25 bits per heavy atom. The highest BCUT2D eigenvalue weighted by Gasteiger charge is 2.53. The second kappa shape index (κ2) is 3.74. The molecule has 1 aliphatic carbocycles. The van der Waals surface area contributed by atoms with Crippen LogP contribution in [0.4, 0.5) is 0 Å². The van der Waals surface area contributed by atoms with Crippen molar-refractivity contribution in [2.24, 2.45) is 18.1 Å². The van der Waals surface area contributed by atoms with Crippen LogP contribution in [0.1, 0.15) is 29.8 Å². The average molecular weight is 276 g/mol. The molecule has 7 heteroatoms. The molecule has 106 valence electrons. The van der Waals surface area contributed by atoms with Gasteiger partial charge in [0.1, 0.15) is 5.69 Å². The molecular weight excluding hydrogens is 260 g/mol. The minimum Gasteiger partial charge on any atom is -0.385 e. The largest absolute Gasteiger partial charge is 0.385 e. The van der Waals surface area contributed by atoms with Crippen molar-refractivity contribution in [1.82, 2.24) is 14.7 Å². The molecule has 1 saturated heterocycles. The Balaban J connectivity index is 1.43. The van der Waals surface area contributed by atoms with Crippen molar-refractivity contribution in [3.05, 3.63) is 22.1 Å². The quantitative estimate of drug-likeness (QED) is 0.831. The van der Waals surface area contributed by atoms with Gasteiger partial charge in [-0.2, -0.15) is 0 Å². The topological polar surface area (TPSA) is 79.7 Å².